The predicted molar refractivity (Wildman–Crippen MR) is 89.0 cm³/mol. The van der Waals surface area contributed by atoms with Crippen molar-refractivity contribution in [1.82, 2.24) is 5.32 Å². The van der Waals surface area contributed by atoms with E-state index in [9.17, 15) is 4.79 Å². The Morgan fingerprint density at radius 3 is 2.43 bits per heavy atom. The zero-order chi connectivity index (χ0) is 15.7. The summed E-state index contributed by atoms with van der Waals surface area (Å²) in [4.78, 5) is 12.0. The van der Waals surface area contributed by atoms with Gasteiger partial charge in [0.1, 0.15) is 0 Å². The summed E-state index contributed by atoms with van der Waals surface area (Å²) in [7, 11) is 0. The van der Waals surface area contributed by atoms with Crippen molar-refractivity contribution >= 4 is 5.91 Å². The lowest BCUT2D eigenvalue weighted by Crippen LogP contribution is -2.35. The summed E-state index contributed by atoms with van der Waals surface area (Å²) < 4.78 is 0. The maximum Gasteiger partial charge on any atom is 0.220 e. The van der Waals surface area contributed by atoms with E-state index in [2.05, 4.69) is 50.4 Å². The Balaban J connectivity index is 2.29. The van der Waals surface area contributed by atoms with Crippen LogP contribution in [0.2, 0.25) is 0 Å². The third-order valence-corrected chi connectivity index (χ3v) is 3.73. The Morgan fingerprint density at radius 2 is 1.86 bits per heavy atom. The second-order valence-electron chi connectivity index (χ2n) is 6.43. The van der Waals surface area contributed by atoms with E-state index >= 15 is 0 Å². The van der Waals surface area contributed by atoms with Crippen LogP contribution in [0.25, 0.3) is 0 Å². The highest BCUT2D eigenvalue weighted by atomic mass is 16.1. The summed E-state index contributed by atoms with van der Waals surface area (Å²) in [6.45, 7) is 7.00. The number of nitrogens with two attached hydrogens (primary N) is 1. The molecule has 0 aromatic heterocycles. The number of benzene rings is 1. The van der Waals surface area contributed by atoms with Gasteiger partial charge in [-0.1, -0.05) is 44.2 Å². The number of carbonyl (C=O) groups excluding carboxylic acids is 1. The number of rotatable bonds is 9. The largest absolute Gasteiger partial charge is 0.354 e. The van der Waals surface area contributed by atoms with Crippen molar-refractivity contribution in [2.45, 2.75) is 52.5 Å². The van der Waals surface area contributed by atoms with Gasteiger partial charge in [-0.25, -0.2) is 0 Å². The van der Waals surface area contributed by atoms with Gasteiger partial charge in [-0.2, -0.15) is 0 Å². The van der Waals surface area contributed by atoms with Crippen LogP contribution in [-0.2, 0) is 11.2 Å². The minimum atomic E-state index is 0.131. The molecule has 1 rings (SSSR count). The molecule has 0 fully saturated rings. The fourth-order valence-electron chi connectivity index (χ4n) is 2.63. The second kappa shape index (κ2) is 9.56. The molecule has 0 aliphatic carbocycles. The van der Waals surface area contributed by atoms with Crippen LogP contribution in [0.3, 0.4) is 0 Å². The van der Waals surface area contributed by atoms with Crippen molar-refractivity contribution in [2.75, 3.05) is 6.54 Å². The van der Waals surface area contributed by atoms with Crippen molar-refractivity contribution in [1.29, 1.82) is 0 Å². The van der Waals surface area contributed by atoms with E-state index in [0.29, 0.717) is 24.8 Å². The minimum Gasteiger partial charge on any atom is -0.354 e. The number of carbonyl (C=O) groups is 1. The van der Waals surface area contributed by atoms with Crippen LogP contribution >= 0.6 is 0 Å². The zero-order valence-corrected chi connectivity index (χ0v) is 13.6. The molecule has 0 aliphatic rings. The Labute approximate surface area is 129 Å². The number of nitrogens with one attached hydrogen (secondary N) is 1. The molecule has 1 unspecified atom stereocenters. The molecule has 0 saturated heterocycles. The van der Waals surface area contributed by atoms with E-state index in [1.54, 1.807) is 0 Å². The van der Waals surface area contributed by atoms with Crippen molar-refractivity contribution in [3.8, 4) is 0 Å². The first-order valence-corrected chi connectivity index (χ1v) is 8.04. The lowest BCUT2D eigenvalue weighted by molar-refractivity contribution is -0.122. The fourth-order valence-corrected chi connectivity index (χ4v) is 2.63. The van der Waals surface area contributed by atoms with Gasteiger partial charge in [0.05, 0.1) is 0 Å². The number of aryl methyl sites for hydroxylation is 1. The molecule has 0 heterocycles. The smallest absolute Gasteiger partial charge is 0.220 e. The molecule has 0 aliphatic heterocycles. The highest BCUT2D eigenvalue weighted by Crippen LogP contribution is 2.14. The molecule has 1 aromatic rings. The van der Waals surface area contributed by atoms with Gasteiger partial charge in [-0.3, -0.25) is 4.79 Å². The van der Waals surface area contributed by atoms with Gasteiger partial charge < -0.3 is 11.1 Å². The van der Waals surface area contributed by atoms with E-state index in [-0.39, 0.29) is 11.9 Å². The van der Waals surface area contributed by atoms with Crippen molar-refractivity contribution in [2.24, 2.45) is 17.6 Å². The molecule has 3 nitrogen and oxygen atoms in total. The summed E-state index contributed by atoms with van der Waals surface area (Å²) >= 11 is 0. The first-order chi connectivity index (χ1) is 10.0. The topological polar surface area (TPSA) is 55.1 Å². The average molecular weight is 290 g/mol. The zero-order valence-electron chi connectivity index (χ0n) is 13.6. The summed E-state index contributed by atoms with van der Waals surface area (Å²) in [6.07, 6.45) is 3.52. The summed E-state index contributed by atoms with van der Waals surface area (Å²) in [5, 5.41) is 3.09. The molecule has 2 atom stereocenters. The monoisotopic (exact) mass is 290 g/mol. The van der Waals surface area contributed by atoms with Gasteiger partial charge in [0.25, 0.3) is 0 Å². The van der Waals surface area contributed by atoms with Crippen molar-refractivity contribution in [3.05, 3.63) is 35.9 Å². The molecular weight excluding hydrogens is 260 g/mol. The van der Waals surface area contributed by atoms with Crippen LogP contribution in [0, 0.1) is 11.8 Å². The first-order valence-electron chi connectivity index (χ1n) is 8.04. The van der Waals surface area contributed by atoms with Crippen LogP contribution in [-0.4, -0.2) is 18.5 Å². The first kappa shape index (κ1) is 17.7. The summed E-state index contributed by atoms with van der Waals surface area (Å²) in [5.41, 5.74) is 7.07. The molecule has 0 saturated carbocycles. The highest BCUT2D eigenvalue weighted by Gasteiger charge is 2.15. The van der Waals surface area contributed by atoms with E-state index < -0.39 is 0 Å². The molecular formula is C18H30N2O. The van der Waals surface area contributed by atoms with E-state index in [0.717, 1.165) is 19.3 Å². The molecule has 3 heteroatoms. The molecule has 3 N–H and O–H groups in total. The lowest BCUT2D eigenvalue weighted by atomic mass is 9.94. The Kier molecular flexibility index (Phi) is 8.06. The van der Waals surface area contributed by atoms with Crippen LogP contribution < -0.4 is 11.1 Å². The third-order valence-electron chi connectivity index (χ3n) is 3.73. The van der Waals surface area contributed by atoms with Gasteiger partial charge in [-0.05, 0) is 50.1 Å². The average Bonchev–Trinajstić information content (AvgIpc) is 2.45. The second-order valence-corrected chi connectivity index (χ2v) is 6.43. The predicted octanol–water partition coefficient (Wildman–Crippen LogP) is 3.14. The minimum absolute atomic E-state index is 0.131. The summed E-state index contributed by atoms with van der Waals surface area (Å²) in [6, 6.07) is 10.6. The highest BCUT2D eigenvalue weighted by molar-refractivity contribution is 5.76. The van der Waals surface area contributed by atoms with Gasteiger partial charge >= 0.3 is 0 Å². The van der Waals surface area contributed by atoms with Crippen molar-refractivity contribution in [3.63, 3.8) is 0 Å². The molecule has 118 valence electrons. The number of amides is 1. The molecule has 0 spiro atoms. The van der Waals surface area contributed by atoms with E-state index in [4.69, 9.17) is 5.73 Å². The van der Waals surface area contributed by atoms with Crippen LogP contribution in [0.4, 0.5) is 0 Å². The number of hydrogen-bond donors (Lipinski definition) is 2. The molecule has 21 heavy (non-hydrogen) atoms. The number of hydrogen-bond acceptors (Lipinski definition) is 2. The van der Waals surface area contributed by atoms with Crippen molar-refractivity contribution < 1.29 is 4.79 Å². The van der Waals surface area contributed by atoms with Gasteiger partial charge in [0, 0.05) is 12.5 Å². The molecule has 1 amide bonds. The quantitative estimate of drug-likeness (QED) is 0.734. The van der Waals surface area contributed by atoms with Crippen LogP contribution in [0.15, 0.2) is 30.3 Å². The molecule has 0 bridgehead atoms. The summed E-state index contributed by atoms with van der Waals surface area (Å²) in [5.74, 6) is 1.01. The van der Waals surface area contributed by atoms with Gasteiger partial charge in [-0.15, -0.1) is 0 Å². The van der Waals surface area contributed by atoms with Crippen LogP contribution in [0.5, 0.6) is 0 Å². The Hall–Kier alpha value is -1.35. The third kappa shape index (κ3) is 7.86. The molecule has 0 radical (unpaired) electrons. The van der Waals surface area contributed by atoms with E-state index in [1.165, 1.54) is 5.56 Å². The normalized spacial score (nSPS) is 14.0. The maximum absolute atomic E-state index is 12.0. The standard InChI is InChI=1S/C18H30N2O/c1-14(2)11-17(13-19)12-18(21)20-15(3)9-10-16-7-5-4-6-8-16/h4-8,14-15,17H,9-13,19H2,1-3H3,(H,20,21)/t15?,17-/m0/s1. The van der Waals surface area contributed by atoms with E-state index in [1.807, 2.05) is 6.07 Å². The fraction of sp³-hybridized carbons (Fsp3) is 0.611. The maximum atomic E-state index is 12.0. The Morgan fingerprint density at radius 1 is 1.19 bits per heavy atom. The van der Waals surface area contributed by atoms with Crippen LogP contribution in [0.1, 0.15) is 45.6 Å². The Bertz CT molecular complexity index is 403. The SMILES string of the molecule is CC(C)C[C@H](CN)CC(=O)NC(C)CCc1ccccc1. The molecule has 1 aromatic carbocycles. The van der Waals surface area contributed by atoms with Gasteiger partial charge in [0.15, 0.2) is 0 Å². The lowest BCUT2D eigenvalue weighted by Gasteiger charge is -2.19. The van der Waals surface area contributed by atoms with Gasteiger partial charge in [0.2, 0.25) is 5.91 Å².